The van der Waals surface area contributed by atoms with Crippen molar-refractivity contribution >= 4 is 29.2 Å². The summed E-state index contributed by atoms with van der Waals surface area (Å²) in [5, 5.41) is 12.0. The molecule has 6 heteroatoms. The van der Waals surface area contributed by atoms with Gasteiger partial charge in [0.15, 0.2) is 0 Å². The lowest BCUT2D eigenvalue weighted by atomic mass is 10.1. The van der Waals surface area contributed by atoms with Crippen LogP contribution in [0.2, 0.25) is 0 Å². The molecule has 2 N–H and O–H groups in total. The molecular formula is C21H24N2O4. The number of para-hydroxylation sites is 1. The van der Waals surface area contributed by atoms with Gasteiger partial charge in [0.25, 0.3) is 5.91 Å². The summed E-state index contributed by atoms with van der Waals surface area (Å²) < 4.78 is 0. The Morgan fingerprint density at radius 1 is 1.07 bits per heavy atom. The van der Waals surface area contributed by atoms with Crippen molar-refractivity contribution in [2.24, 2.45) is 5.92 Å². The second-order valence-electron chi connectivity index (χ2n) is 6.80. The fraction of sp³-hybridized carbons (Fsp3) is 0.286. The molecule has 2 amide bonds. The number of amides is 2. The Kier molecular flexibility index (Phi) is 6.71. The smallest absolute Gasteiger partial charge is 0.323 e. The highest BCUT2D eigenvalue weighted by Crippen LogP contribution is 2.21. The molecule has 0 atom stereocenters. The maximum atomic E-state index is 12.9. The Balaban J connectivity index is 2.25. The van der Waals surface area contributed by atoms with E-state index in [2.05, 4.69) is 5.32 Å². The number of rotatable bonds is 7. The number of anilines is 2. The average molecular weight is 368 g/mol. The minimum absolute atomic E-state index is 0.0797. The minimum Gasteiger partial charge on any atom is -0.480 e. The van der Waals surface area contributed by atoms with Crippen LogP contribution in [0.15, 0.2) is 48.5 Å². The number of carbonyl (C=O) groups excluding carboxylic acids is 2. The third-order valence-electron chi connectivity index (χ3n) is 3.95. The van der Waals surface area contributed by atoms with E-state index in [0.29, 0.717) is 23.4 Å². The van der Waals surface area contributed by atoms with Gasteiger partial charge in [0, 0.05) is 23.4 Å². The summed E-state index contributed by atoms with van der Waals surface area (Å²) in [5.74, 6) is -1.33. The summed E-state index contributed by atoms with van der Waals surface area (Å²) in [6.07, 6.45) is 0.417. The van der Waals surface area contributed by atoms with Gasteiger partial charge in [-0.3, -0.25) is 19.3 Å². The molecule has 0 saturated carbocycles. The van der Waals surface area contributed by atoms with E-state index < -0.39 is 18.4 Å². The number of hydrogen-bond acceptors (Lipinski definition) is 3. The Labute approximate surface area is 158 Å². The first kappa shape index (κ1) is 20.2. The van der Waals surface area contributed by atoms with Crippen LogP contribution in [0.1, 0.15) is 36.2 Å². The number of carboxylic acids is 1. The molecule has 0 aromatic heterocycles. The first-order valence-electron chi connectivity index (χ1n) is 8.77. The van der Waals surface area contributed by atoms with Crippen molar-refractivity contribution < 1.29 is 19.5 Å². The Hall–Kier alpha value is -3.15. The zero-order chi connectivity index (χ0) is 20.0. The van der Waals surface area contributed by atoms with E-state index in [-0.39, 0.29) is 11.8 Å². The number of aryl methyl sites for hydroxylation is 1. The van der Waals surface area contributed by atoms with Crippen molar-refractivity contribution in [1.29, 1.82) is 0 Å². The van der Waals surface area contributed by atoms with Crippen molar-refractivity contribution in [2.45, 2.75) is 27.2 Å². The van der Waals surface area contributed by atoms with Crippen LogP contribution < -0.4 is 10.2 Å². The van der Waals surface area contributed by atoms with Gasteiger partial charge in [-0.05, 0) is 48.7 Å². The maximum absolute atomic E-state index is 12.9. The Bertz CT molecular complexity index is 831. The summed E-state index contributed by atoms with van der Waals surface area (Å²) in [4.78, 5) is 37.3. The molecule has 27 heavy (non-hydrogen) atoms. The van der Waals surface area contributed by atoms with Gasteiger partial charge in [-0.15, -0.1) is 0 Å². The largest absolute Gasteiger partial charge is 0.480 e. The number of hydrogen-bond donors (Lipinski definition) is 2. The van der Waals surface area contributed by atoms with Gasteiger partial charge in [-0.1, -0.05) is 32.0 Å². The highest BCUT2D eigenvalue weighted by Gasteiger charge is 2.21. The quantitative estimate of drug-likeness (QED) is 0.780. The first-order chi connectivity index (χ1) is 12.8. The van der Waals surface area contributed by atoms with Crippen LogP contribution >= 0.6 is 0 Å². The molecule has 0 fully saturated rings. The maximum Gasteiger partial charge on any atom is 0.323 e. The average Bonchev–Trinajstić information content (AvgIpc) is 2.60. The highest BCUT2D eigenvalue weighted by atomic mass is 16.4. The standard InChI is InChI=1S/C21H24N2O4/c1-14(2)11-19(24)22-18-10-9-16(12-15(18)3)21(27)23(13-20(25)26)17-7-5-4-6-8-17/h4-10,12,14H,11,13H2,1-3H3,(H,22,24)(H,25,26). The molecule has 0 aliphatic carbocycles. The van der Waals surface area contributed by atoms with Crippen LogP contribution in [0.25, 0.3) is 0 Å². The van der Waals surface area contributed by atoms with E-state index in [0.717, 1.165) is 5.56 Å². The highest BCUT2D eigenvalue weighted by molar-refractivity contribution is 6.08. The molecule has 0 aliphatic rings. The van der Waals surface area contributed by atoms with Crippen LogP contribution in [0.4, 0.5) is 11.4 Å². The molecule has 2 aromatic carbocycles. The third kappa shape index (κ3) is 5.67. The topological polar surface area (TPSA) is 86.7 Å². The van der Waals surface area contributed by atoms with Crippen LogP contribution in [0.3, 0.4) is 0 Å². The number of aliphatic carboxylic acids is 1. The fourth-order valence-corrected chi connectivity index (χ4v) is 2.69. The summed E-state index contributed by atoms with van der Waals surface area (Å²) in [6, 6.07) is 13.6. The molecule has 142 valence electrons. The van der Waals surface area contributed by atoms with E-state index in [1.165, 1.54) is 4.90 Å². The van der Waals surface area contributed by atoms with Gasteiger partial charge >= 0.3 is 5.97 Å². The Morgan fingerprint density at radius 2 is 1.74 bits per heavy atom. The molecule has 0 aliphatic heterocycles. The number of nitrogens with one attached hydrogen (secondary N) is 1. The Morgan fingerprint density at radius 3 is 2.30 bits per heavy atom. The van der Waals surface area contributed by atoms with E-state index >= 15 is 0 Å². The van der Waals surface area contributed by atoms with Gasteiger partial charge in [-0.2, -0.15) is 0 Å². The summed E-state index contributed by atoms with van der Waals surface area (Å²) in [5.41, 5.74) is 2.25. The van der Waals surface area contributed by atoms with Gasteiger partial charge < -0.3 is 10.4 Å². The number of carbonyl (C=O) groups is 3. The monoisotopic (exact) mass is 368 g/mol. The second kappa shape index (κ2) is 8.98. The SMILES string of the molecule is Cc1cc(C(=O)N(CC(=O)O)c2ccccc2)ccc1NC(=O)CC(C)C. The lowest BCUT2D eigenvalue weighted by Crippen LogP contribution is -2.35. The van der Waals surface area contributed by atoms with Crippen LogP contribution in [0, 0.1) is 12.8 Å². The van der Waals surface area contributed by atoms with Gasteiger partial charge in [0.2, 0.25) is 5.91 Å². The summed E-state index contributed by atoms with van der Waals surface area (Å²) in [7, 11) is 0. The van der Waals surface area contributed by atoms with E-state index in [4.69, 9.17) is 5.11 Å². The molecule has 6 nitrogen and oxygen atoms in total. The van der Waals surface area contributed by atoms with Crippen molar-refractivity contribution in [3.05, 3.63) is 59.7 Å². The number of nitrogens with zero attached hydrogens (tertiary/aromatic N) is 1. The minimum atomic E-state index is -1.10. The predicted molar refractivity (Wildman–Crippen MR) is 105 cm³/mol. The lowest BCUT2D eigenvalue weighted by Gasteiger charge is -2.21. The molecule has 0 unspecified atom stereocenters. The zero-order valence-corrected chi connectivity index (χ0v) is 15.7. The second-order valence-corrected chi connectivity index (χ2v) is 6.80. The van der Waals surface area contributed by atoms with Crippen LogP contribution in [-0.4, -0.2) is 29.4 Å². The zero-order valence-electron chi connectivity index (χ0n) is 15.7. The molecule has 0 spiro atoms. The number of benzene rings is 2. The predicted octanol–water partition coefficient (Wildman–Crippen LogP) is 3.71. The van der Waals surface area contributed by atoms with Gasteiger partial charge in [0.05, 0.1) is 0 Å². The molecule has 2 rings (SSSR count). The molecule has 0 bridgehead atoms. The summed E-state index contributed by atoms with van der Waals surface area (Å²) in [6.45, 7) is 5.30. The van der Waals surface area contributed by atoms with E-state index in [1.807, 2.05) is 13.8 Å². The molecular weight excluding hydrogens is 344 g/mol. The molecule has 0 heterocycles. The molecule has 0 radical (unpaired) electrons. The molecule has 2 aromatic rings. The summed E-state index contributed by atoms with van der Waals surface area (Å²) >= 11 is 0. The van der Waals surface area contributed by atoms with Crippen molar-refractivity contribution in [3.63, 3.8) is 0 Å². The van der Waals surface area contributed by atoms with Gasteiger partial charge in [0.1, 0.15) is 6.54 Å². The van der Waals surface area contributed by atoms with E-state index in [9.17, 15) is 14.4 Å². The van der Waals surface area contributed by atoms with Crippen LogP contribution in [0.5, 0.6) is 0 Å². The third-order valence-corrected chi connectivity index (χ3v) is 3.95. The lowest BCUT2D eigenvalue weighted by molar-refractivity contribution is -0.135. The first-order valence-corrected chi connectivity index (χ1v) is 8.77. The van der Waals surface area contributed by atoms with Crippen molar-refractivity contribution in [1.82, 2.24) is 0 Å². The normalized spacial score (nSPS) is 10.5. The van der Waals surface area contributed by atoms with E-state index in [1.54, 1.807) is 55.5 Å². The van der Waals surface area contributed by atoms with Gasteiger partial charge in [-0.25, -0.2) is 0 Å². The van der Waals surface area contributed by atoms with Crippen molar-refractivity contribution in [2.75, 3.05) is 16.8 Å². The fourth-order valence-electron chi connectivity index (χ4n) is 2.69. The van der Waals surface area contributed by atoms with Crippen LogP contribution in [-0.2, 0) is 9.59 Å². The number of carboxylic acid groups (broad SMARTS) is 1. The van der Waals surface area contributed by atoms with Crippen molar-refractivity contribution in [3.8, 4) is 0 Å². The molecule has 0 saturated heterocycles.